The number of aromatic nitrogens is 1. The minimum absolute atomic E-state index is 0.000411. The number of rotatable bonds is 3. The molecule has 7 heteroatoms. The van der Waals surface area contributed by atoms with Gasteiger partial charge in [0, 0.05) is 4.47 Å². The van der Waals surface area contributed by atoms with Crippen molar-refractivity contribution in [3.63, 3.8) is 0 Å². The second kappa shape index (κ2) is 5.14. The van der Waals surface area contributed by atoms with Crippen molar-refractivity contribution in [1.82, 2.24) is 4.98 Å². The fourth-order valence-electron chi connectivity index (χ4n) is 1.43. The molecular formula is C11H9Br2NO3S. The maximum absolute atomic E-state index is 11.1. The molecule has 2 aromatic rings. The van der Waals surface area contributed by atoms with Crippen LogP contribution < -0.4 is 0 Å². The van der Waals surface area contributed by atoms with E-state index in [0.29, 0.717) is 11.6 Å². The number of nitrogens with zero attached hydrogens (tertiary/aromatic N) is 1. The standard InChI is InChI=1S/C11H9Br2NO3S/c1-4(2)7-8(11(15)16)17-10(14-7)6-3-5(12)9(13)18-6/h3-4H,1-2H3,(H,15,16). The molecule has 0 bridgehead atoms. The van der Waals surface area contributed by atoms with Crippen LogP contribution in [0, 0.1) is 0 Å². The first kappa shape index (κ1) is 13.8. The third kappa shape index (κ3) is 2.53. The fourth-order valence-corrected chi connectivity index (χ4v) is 3.40. The van der Waals surface area contributed by atoms with Crippen LogP contribution in [0.3, 0.4) is 0 Å². The molecule has 0 amide bonds. The SMILES string of the molecule is CC(C)c1nc(-c2cc(Br)c(Br)s2)oc1C(=O)O. The summed E-state index contributed by atoms with van der Waals surface area (Å²) in [6.45, 7) is 3.77. The molecule has 2 aromatic heterocycles. The van der Waals surface area contributed by atoms with Crippen molar-refractivity contribution in [3.8, 4) is 10.8 Å². The molecule has 96 valence electrons. The van der Waals surface area contributed by atoms with Crippen LogP contribution in [0.4, 0.5) is 0 Å². The minimum Gasteiger partial charge on any atom is -0.475 e. The Balaban J connectivity index is 2.53. The Hall–Kier alpha value is -0.660. The predicted octanol–water partition coefficient (Wildman–Crippen LogP) is 4.75. The molecule has 2 rings (SSSR count). The van der Waals surface area contributed by atoms with Crippen molar-refractivity contribution in [2.75, 3.05) is 0 Å². The fraction of sp³-hybridized carbons (Fsp3) is 0.273. The lowest BCUT2D eigenvalue weighted by Gasteiger charge is -1.98. The van der Waals surface area contributed by atoms with Crippen molar-refractivity contribution in [2.24, 2.45) is 0 Å². The smallest absolute Gasteiger partial charge is 0.373 e. The van der Waals surface area contributed by atoms with Gasteiger partial charge >= 0.3 is 5.97 Å². The van der Waals surface area contributed by atoms with E-state index in [1.165, 1.54) is 11.3 Å². The maximum atomic E-state index is 11.1. The number of hydrogen-bond donors (Lipinski definition) is 1. The van der Waals surface area contributed by atoms with E-state index < -0.39 is 5.97 Å². The lowest BCUT2D eigenvalue weighted by Crippen LogP contribution is -2.01. The second-order valence-electron chi connectivity index (χ2n) is 3.93. The number of carboxylic acids is 1. The van der Waals surface area contributed by atoms with E-state index in [2.05, 4.69) is 36.8 Å². The van der Waals surface area contributed by atoms with Crippen molar-refractivity contribution in [3.05, 3.63) is 25.8 Å². The van der Waals surface area contributed by atoms with Gasteiger partial charge in [0.1, 0.15) is 0 Å². The summed E-state index contributed by atoms with van der Waals surface area (Å²) >= 11 is 8.19. The highest BCUT2D eigenvalue weighted by Crippen LogP contribution is 2.38. The van der Waals surface area contributed by atoms with Crippen LogP contribution in [0.1, 0.15) is 36.0 Å². The quantitative estimate of drug-likeness (QED) is 0.815. The van der Waals surface area contributed by atoms with Gasteiger partial charge in [-0.1, -0.05) is 13.8 Å². The van der Waals surface area contributed by atoms with Gasteiger partial charge in [-0.15, -0.1) is 11.3 Å². The number of carboxylic acid groups (broad SMARTS) is 1. The van der Waals surface area contributed by atoms with E-state index >= 15 is 0 Å². The van der Waals surface area contributed by atoms with Gasteiger partial charge in [0.25, 0.3) is 0 Å². The third-order valence-corrected chi connectivity index (χ3v) is 5.49. The molecular weight excluding hydrogens is 386 g/mol. The van der Waals surface area contributed by atoms with Gasteiger partial charge in [-0.05, 0) is 43.8 Å². The van der Waals surface area contributed by atoms with Gasteiger partial charge in [-0.3, -0.25) is 0 Å². The van der Waals surface area contributed by atoms with Crippen LogP contribution in [-0.2, 0) is 0 Å². The minimum atomic E-state index is -1.09. The Bertz CT molecular complexity index is 584. The summed E-state index contributed by atoms with van der Waals surface area (Å²) in [7, 11) is 0. The molecule has 0 saturated carbocycles. The predicted molar refractivity (Wildman–Crippen MR) is 76.3 cm³/mol. The highest BCUT2D eigenvalue weighted by Gasteiger charge is 2.23. The molecule has 0 atom stereocenters. The molecule has 0 fully saturated rings. The molecule has 0 radical (unpaired) electrons. The monoisotopic (exact) mass is 393 g/mol. The molecule has 0 spiro atoms. The molecule has 18 heavy (non-hydrogen) atoms. The summed E-state index contributed by atoms with van der Waals surface area (Å²) in [6, 6.07) is 1.84. The zero-order chi connectivity index (χ0) is 13.4. The van der Waals surface area contributed by atoms with E-state index in [9.17, 15) is 4.79 Å². The number of carbonyl (C=O) groups is 1. The summed E-state index contributed by atoms with van der Waals surface area (Å²) in [5, 5.41) is 9.09. The van der Waals surface area contributed by atoms with E-state index in [0.717, 1.165) is 13.1 Å². The zero-order valence-corrected chi connectivity index (χ0v) is 13.5. The molecule has 2 heterocycles. The first-order valence-corrected chi connectivity index (χ1v) is 7.49. The molecule has 0 aromatic carbocycles. The normalized spacial score (nSPS) is 11.2. The summed E-state index contributed by atoms with van der Waals surface area (Å²) in [4.78, 5) is 16.2. The maximum Gasteiger partial charge on any atom is 0.373 e. The van der Waals surface area contributed by atoms with Crippen LogP contribution in [0.5, 0.6) is 0 Å². The van der Waals surface area contributed by atoms with Crippen LogP contribution in [-0.4, -0.2) is 16.1 Å². The van der Waals surface area contributed by atoms with Crippen LogP contribution in [0.25, 0.3) is 10.8 Å². The Morgan fingerprint density at radius 3 is 2.56 bits per heavy atom. The molecule has 0 unspecified atom stereocenters. The molecule has 0 saturated heterocycles. The lowest BCUT2D eigenvalue weighted by atomic mass is 10.1. The van der Waals surface area contributed by atoms with Crippen molar-refractivity contribution >= 4 is 49.2 Å². The molecule has 1 N–H and O–H groups in total. The summed E-state index contributed by atoms with van der Waals surface area (Å²) < 4.78 is 7.16. The van der Waals surface area contributed by atoms with Gasteiger partial charge < -0.3 is 9.52 Å². The average Bonchev–Trinajstić information content (AvgIpc) is 2.83. The number of thiophene rings is 1. The van der Waals surface area contributed by atoms with E-state index in [1.54, 1.807) is 0 Å². The van der Waals surface area contributed by atoms with Gasteiger partial charge in [-0.2, -0.15) is 0 Å². The Morgan fingerprint density at radius 1 is 1.50 bits per heavy atom. The van der Waals surface area contributed by atoms with Crippen molar-refractivity contribution in [2.45, 2.75) is 19.8 Å². The lowest BCUT2D eigenvalue weighted by molar-refractivity contribution is 0.0661. The summed E-state index contributed by atoms with van der Waals surface area (Å²) in [5.41, 5.74) is 0.471. The van der Waals surface area contributed by atoms with Crippen LogP contribution in [0.2, 0.25) is 0 Å². The van der Waals surface area contributed by atoms with E-state index in [1.807, 2.05) is 19.9 Å². The molecule has 0 aliphatic rings. The number of halogens is 2. The zero-order valence-electron chi connectivity index (χ0n) is 9.53. The van der Waals surface area contributed by atoms with Gasteiger partial charge in [0.05, 0.1) is 14.4 Å². The Morgan fingerprint density at radius 2 is 2.17 bits per heavy atom. The Labute approximate surface area is 124 Å². The molecule has 0 aliphatic heterocycles. The molecule has 0 aliphatic carbocycles. The summed E-state index contributed by atoms with van der Waals surface area (Å²) in [6.07, 6.45) is 0. The number of hydrogen-bond acceptors (Lipinski definition) is 4. The van der Waals surface area contributed by atoms with Gasteiger partial charge in [-0.25, -0.2) is 9.78 Å². The third-order valence-electron chi connectivity index (χ3n) is 2.25. The number of oxazole rings is 1. The van der Waals surface area contributed by atoms with Gasteiger partial charge in [0.15, 0.2) is 0 Å². The molecule has 4 nitrogen and oxygen atoms in total. The van der Waals surface area contributed by atoms with Crippen LogP contribution >= 0.6 is 43.2 Å². The average molecular weight is 395 g/mol. The van der Waals surface area contributed by atoms with E-state index in [4.69, 9.17) is 9.52 Å². The highest BCUT2D eigenvalue weighted by molar-refractivity contribution is 9.13. The van der Waals surface area contributed by atoms with Crippen molar-refractivity contribution in [1.29, 1.82) is 0 Å². The topological polar surface area (TPSA) is 63.3 Å². The first-order chi connectivity index (χ1) is 8.40. The highest BCUT2D eigenvalue weighted by atomic mass is 79.9. The number of aromatic carboxylic acids is 1. The summed E-state index contributed by atoms with van der Waals surface area (Å²) in [5.74, 6) is -0.833. The van der Waals surface area contributed by atoms with Gasteiger partial charge in [0.2, 0.25) is 11.7 Å². The van der Waals surface area contributed by atoms with E-state index in [-0.39, 0.29) is 11.7 Å². The largest absolute Gasteiger partial charge is 0.475 e. The Kier molecular flexibility index (Phi) is 3.93. The second-order valence-corrected chi connectivity index (χ2v) is 7.15. The first-order valence-electron chi connectivity index (χ1n) is 5.09. The van der Waals surface area contributed by atoms with Crippen LogP contribution in [0.15, 0.2) is 18.7 Å². The van der Waals surface area contributed by atoms with Crippen molar-refractivity contribution < 1.29 is 14.3 Å².